The van der Waals surface area contributed by atoms with E-state index in [9.17, 15) is 4.79 Å². The molecule has 4 heteroatoms. The number of benzene rings is 2. The summed E-state index contributed by atoms with van der Waals surface area (Å²) in [4.78, 5) is 13.3. The summed E-state index contributed by atoms with van der Waals surface area (Å²) >= 11 is 1.70. The first-order valence-corrected chi connectivity index (χ1v) is 8.52. The molecule has 2 atom stereocenters. The van der Waals surface area contributed by atoms with Gasteiger partial charge < -0.3 is 0 Å². The van der Waals surface area contributed by atoms with Gasteiger partial charge in [0.05, 0.1) is 6.21 Å². The van der Waals surface area contributed by atoms with E-state index in [0.29, 0.717) is 5.92 Å². The molecule has 3 nitrogen and oxygen atoms in total. The van der Waals surface area contributed by atoms with E-state index in [2.05, 4.69) is 22.7 Å². The molecule has 3 rings (SSSR count). The second-order valence-electron chi connectivity index (χ2n) is 5.37. The molecular formula is C18H18N2OS. The van der Waals surface area contributed by atoms with Crippen LogP contribution in [0, 0.1) is 5.92 Å². The highest BCUT2D eigenvalue weighted by Gasteiger charge is 2.43. The van der Waals surface area contributed by atoms with Crippen molar-refractivity contribution >= 4 is 23.9 Å². The van der Waals surface area contributed by atoms with Crippen molar-refractivity contribution in [2.75, 3.05) is 6.26 Å². The number of nitrogens with one attached hydrogen (secondary N) is 1. The minimum Gasteiger partial charge on any atom is -0.273 e. The molecular weight excluding hydrogens is 292 g/mol. The molecule has 1 saturated carbocycles. The Balaban J connectivity index is 1.51. The second-order valence-corrected chi connectivity index (χ2v) is 6.25. The van der Waals surface area contributed by atoms with Crippen LogP contribution in [0.5, 0.6) is 0 Å². The molecule has 0 aromatic heterocycles. The van der Waals surface area contributed by atoms with Crippen molar-refractivity contribution in [2.24, 2.45) is 11.0 Å². The van der Waals surface area contributed by atoms with E-state index < -0.39 is 0 Å². The van der Waals surface area contributed by atoms with Gasteiger partial charge in [0, 0.05) is 10.8 Å². The molecule has 0 radical (unpaired) electrons. The summed E-state index contributed by atoms with van der Waals surface area (Å²) in [5.41, 5.74) is 4.86. The van der Waals surface area contributed by atoms with Crippen molar-refractivity contribution < 1.29 is 4.79 Å². The minimum absolute atomic E-state index is 0.00540. The number of rotatable bonds is 5. The summed E-state index contributed by atoms with van der Waals surface area (Å²) < 4.78 is 0. The fourth-order valence-electron chi connectivity index (χ4n) is 2.50. The van der Waals surface area contributed by atoms with E-state index in [-0.39, 0.29) is 11.8 Å². The molecule has 0 heterocycles. The maximum Gasteiger partial charge on any atom is 0.243 e. The molecule has 2 unspecified atom stereocenters. The van der Waals surface area contributed by atoms with Crippen molar-refractivity contribution in [3.05, 3.63) is 65.7 Å². The molecule has 0 aliphatic heterocycles. The Bertz CT molecular complexity index is 667. The standard InChI is InChI=1S/C18H18N2OS/c1-22-15-9-7-13(8-10-15)12-19-20-18(21)17-11-16(17)14-5-3-2-4-6-14/h2-10,12,16-17H,11H2,1H3,(H,20,21). The molecule has 22 heavy (non-hydrogen) atoms. The third kappa shape index (κ3) is 3.57. The van der Waals surface area contributed by atoms with Crippen LogP contribution in [0.3, 0.4) is 0 Å². The van der Waals surface area contributed by atoms with Crippen LogP contribution in [0.25, 0.3) is 0 Å². The van der Waals surface area contributed by atoms with Gasteiger partial charge in [-0.15, -0.1) is 11.8 Å². The molecule has 112 valence electrons. The third-order valence-corrected chi connectivity index (χ3v) is 4.60. The Labute approximate surface area is 134 Å². The van der Waals surface area contributed by atoms with Crippen LogP contribution in [-0.4, -0.2) is 18.4 Å². The van der Waals surface area contributed by atoms with Gasteiger partial charge in [0.25, 0.3) is 0 Å². The first-order valence-electron chi connectivity index (χ1n) is 7.30. The summed E-state index contributed by atoms with van der Waals surface area (Å²) in [6.07, 6.45) is 4.64. The van der Waals surface area contributed by atoms with E-state index >= 15 is 0 Å². The Morgan fingerprint density at radius 2 is 1.91 bits per heavy atom. The highest BCUT2D eigenvalue weighted by molar-refractivity contribution is 7.98. The van der Waals surface area contributed by atoms with Gasteiger partial charge in [-0.1, -0.05) is 42.5 Å². The summed E-state index contributed by atoms with van der Waals surface area (Å²) in [7, 11) is 0. The number of hydrogen-bond donors (Lipinski definition) is 1. The molecule has 1 aliphatic carbocycles. The number of hydrogen-bond acceptors (Lipinski definition) is 3. The lowest BCUT2D eigenvalue weighted by Crippen LogP contribution is -2.20. The van der Waals surface area contributed by atoms with Crippen LogP contribution >= 0.6 is 11.8 Å². The predicted octanol–water partition coefficient (Wildman–Crippen LogP) is 3.66. The third-order valence-electron chi connectivity index (χ3n) is 3.86. The maximum atomic E-state index is 12.1. The fraction of sp³-hybridized carbons (Fsp3) is 0.222. The van der Waals surface area contributed by atoms with Crippen LogP contribution in [0.15, 0.2) is 64.6 Å². The van der Waals surface area contributed by atoms with E-state index in [1.807, 2.05) is 48.7 Å². The highest BCUT2D eigenvalue weighted by Crippen LogP contribution is 2.47. The Morgan fingerprint density at radius 1 is 1.18 bits per heavy atom. The zero-order chi connectivity index (χ0) is 15.4. The van der Waals surface area contributed by atoms with Crippen LogP contribution in [0.1, 0.15) is 23.5 Å². The van der Waals surface area contributed by atoms with Crippen LogP contribution in [0.4, 0.5) is 0 Å². The first-order chi connectivity index (χ1) is 10.8. The van der Waals surface area contributed by atoms with Gasteiger partial charge in [-0.25, -0.2) is 5.43 Å². The Kier molecular flexibility index (Phi) is 4.59. The number of thioether (sulfide) groups is 1. The molecule has 0 spiro atoms. The summed E-state index contributed by atoms with van der Waals surface area (Å²) in [6.45, 7) is 0. The van der Waals surface area contributed by atoms with E-state index in [1.54, 1.807) is 18.0 Å². The van der Waals surface area contributed by atoms with Gasteiger partial charge in [0.1, 0.15) is 0 Å². The van der Waals surface area contributed by atoms with E-state index in [0.717, 1.165) is 12.0 Å². The molecule has 1 amide bonds. The van der Waals surface area contributed by atoms with Crippen molar-refractivity contribution in [3.63, 3.8) is 0 Å². The smallest absolute Gasteiger partial charge is 0.243 e. The first kappa shape index (κ1) is 14.9. The SMILES string of the molecule is CSc1ccc(C=NNC(=O)C2CC2c2ccccc2)cc1. The largest absolute Gasteiger partial charge is 0.273 e. The maximum absolute atomic E-state index is 12.1. The zero-order valence-corrected chi connectivity index (χ0v) is 13.2. The predicted molar refractivity (Wildman–Crippen MR) is 91.2 cm³/mol. The average Bonchev–Trinajstić information content (AvgIpc) is 3.37. The highest BCUT2D eigenvalue weighted by atomic mass is 32.2. The van der Waals surface area contributed by atoms with Crippen LogP contribution < -0.4 is 5.43 Å². The lowest BCUT2D eigenvalue weighted by Gasteiger charge is -2.00. The summed E-state index contributed by atoms with van der Waals surface area (Å²) in [5.74, 6) is 0.404. The van der Waals surface area contributed by atoms with E-state index in [4.69, 9.17) is 0 Å². The minimum atomic E-state index is 0.00540. The van der Waals surface area contributed by atoms with Gasteiger partial charge in [-0.05, 0) is 41.9 Å². The quantitative estimate of drug-likeness (QED) is 0.520. The average molecular weight is 310 g/mol. The molecule has 1 fully saturated rings. The van der Waals surface area contributed by atoms with Crippen molar-refractivity contribution in [1.82, 2.24) is 5.43 Å². The number of nitrogens with zero attached hydrogens (tertiary/aromatic N) is 1. The monoisotopic (exact) mass is 310 g/mol. The molecule has 2 aromatic rings. The van der Waals surface area contributed by atoms with Gasteiger partial charge >= 0.3 is 0 Å². The molecule has 1 aliphatic rings. The molecule has 0 saturated heterocycles. The fourth-order valence-corrected chi connectivity index (χ4v) is 2.90. The molecule has 0 bridgehead atoms. The lowest BCUT2D eigenvalue weighted by molar-refractivity contribution is -0.122. The van der Waals surface area contributed by atoms with Gasteiger partial charge in [0.15, 0.2) is 0 Å². The topological polar surface area (TPSA) is 41.5 Å². The van der Waals surface area contributed by atoms with Gasteiger partial charge in [-0.3, -0.25) is 4.79 Å². The number of carbonyl (C=O) groups is 1. The van der Waals surface area contributed by atoms with Crippen molar-refractivity contribution in [1.29, 1.82) is 0 Å². The number of hydrazone groups is 1. The van der Waals surface area contributed by atoms with Crippen LogP contribution in [0.2, 0.25) is 0 Å². The number of carbonyl (C=O) groups excluding carboxylic acids is 1. The lowest BCUT2D eigenvalue weighted by atomic mass is 10.1. The second kappa shape index (κ2) is 6.79. The zero-order valence-electron chi connectivity index (χ0n) is 12.4. The van der Waals surface area contributed by atoms with Crippen molar-refractivity contribution in [2.45, 2.75) is 17.2 Å². The normalized spacial score (nSPS) is 20.0. The van der Waals surface area contributed by atoms with Gasteiger partial charge in [0.2, 0.25) is 5.91 Å². The number of amides is 1. The van der Waals surface area contributed by atoms with Gasteiger partial charge in [-0.2, -0.15) is 5.10 Å². The Morgan fingerprint density at radius 3 is 2.59 bits per heavy atom. The van der Waals surface area contributed by atoms with E-state index in [1.165, 1.54) is 10.5 Å². The Hall–Kier alpha value is -2.07. The summed E-state index contributed by atoms with van der Waals surface area (Å²) in [6, 6.07) is 18.2. The van der Waals surface area contributed by atoms with Crippen molar-refractivity contribution in [3.8, 4) is 0 Å². The molecule has 2 aromatic carbocycles. The summed E-state index contributed by atoms with van der Waals surface area (Å²) in [5, 5.41) is 4.06. The molecule has 1 N–H and O–H groups in total. The van der Waals surface area contributed by atoms with Crippen LogP contribution in [-0.2, 0) is 4.79 Å².